The third kappa shape index (κ3) is 2.37. The number of alkyl halides is 3. The number of nitrogens with zero attached hydrogens (tertiary/aromatic N) is 3. The van der Waals surface area contributed by atoms with E-state index in [2.05, 4.69) is 10.3 Å². The Labute approximate surface area is 117 Å². The van der Waals surface area contributed by atoms with Crippen molar-refractivity contribution in [3.63, 3.8) is 0 Å². The first kappa shape index (κ1) is 13.6. The number of carboxylic acid groups (broad SMARTS) is 1. The van der Waals surface area contributed by atoms with E-state index in [-0.39, 0.29) is 23.0 Å². The molecule has 1 N–H and O–H groups in total. The van der Waals surface area contributed by atoms with Gasteiger partial charge in [0.15, 0.2) is 5.69 Å². The summed E-state index contributed by atoms with van der Waals surface area (Å²) in [6.45, 7) is 0. The van der Waals surface area contributed by atoms with Gasteiger partial charge in [0, 0.05) is 5.92 Å². The lowest BCUT2D eigenvalue weighted by Crippen LogP contribution is -2.13. The molecular formula is C13H10F3N3O2. The maximum absolute atomic E-state index is 13.1. The number of hydrogen-bond acceptors (Lipinski definition) is 3. The molecule has 1 heterocycles. The van der Waals surface area contributed by atoms with Crippen LogP contribution in [-0.2, 0) is 6.18 Å². The van der Waals surface area contributed by atoms with Crippen molar-refractivity contribution in [2.75, 3.05) is 0 Å². The molecule has 0 atom stereocenters. The van der Waals surface area contributed by atoms with E-state index in [9.17, 15) is 18.0 Å². The van der Waals surface area contributed by atoms with E-state index in [1.807, 2.05) is 0 Å². The molecule has 1 saturated carbocycles. The summed E-state index contributed by atoms with van der Waals surface area (Å²) in [4.78, 5) is 11.1. The largest absolute Gasteiger partial charge is 0.476 e. The number of para-hydroxylation sites is 1. The quantitative estimate of drug-likeness (QED) is 0.946. The Morgan fingerprint density at radius 3 is 2.52 bits per heavy atom. The summed E-state index contributed by atoms with van der Waals surface area (Å²) >= 11 is 0. The summed E-state index contributed by atoms with van der Waals surface area (Å²) < 4.78 is 40.2. The number of hydrogen-bond donors (Lipinski definition) is 1. The van der Waals surface area contributed by atoms with Crippen LogP contribution in [0.3, 0.4) is 0 Å². The molecule has 8 heteroatoms. The highest BCUT2D eigenvalue weighted by Crippen LogP contribution is 2.43. The molecule has 0 saturated heterocycles. The van der Waals surface area contributed by atoms with Crippen molar-refractivity contribution < 1.29 is 23.1 Å². The van der Waals surface area contributed by atoms with Gasteiger partial charge < -0.3 is 5.11 Å². The van der Waals surface area contributed by atoms with Crippen LogP contribution in [0.2, 0.25) is 0 Å². The number of rotatable bonds is 3. The van der Waals surface area contributed by atoms with Crippen LogP contribution in [0.4, 0.5) is 13.2 Å². The molecule has 0 bridgehead atoms. The minimum absolute atomic E-state index is 0.104. The van der Waals surface area contributed by atoms with Crippen molar-refractivity contribution in [1.82, 2.24) is 15.0 Å². The number of halogens is 3. The zero-order chi connectivity index (χ0) is 15.2. The average molecular weight is 297 g/mol. The van der Waals surface area contributed by atoms with Gasteiger partial charge in [0.1, 0.15) is 0 Å². The summed E-state index contributed by atoms with van der Waals surface area (Å²) in [5.41, 5.74) is -1.12. The standard InChI is InChI=1S/C13H10F3N3O2/c14-13(15,16)8-3-1-2-4-9(8)19-11(7-5-6-7)10(12(20)21)17-18-19/h1-4,7H,5-6H2,(H,20,21). The number of carboxylic acids is 1. The van der Waals surface area contributed by atoms with Gasteiger partial charge in [-0.3, -0.25) is 0 Å². The predicted molar refractivity (Wildman–Crippen MR) is 65.3 cm³/mol. The molecule has 0 amide bonds. The normalized spacial score (nSPS) is 15.2. The molecule has 1 aromatic carbocycles. The summed E-state index contributed by atoms with van der Waals surface area (Å²) in [5.74, 6) is -1.39. The summed E-state index contributed by atoms with van der Waals surface area (Å²) in [6, 6.07) is 4.92. The maximum atomic E-state index is 13.1. The third-order valence-corrected chi connectivity index (χ3v) is 3.31. The Morgan fingerprint density at radius 2 is 1.95 bits per heavy atom. The van der Waals surface area contributed by atoms with Crippen molar-refractivity contribution >= 4 is 5.97 Å². The van der Waals surface area contributed by atoms with Crippen LogP contribution in [0, 0.1) is 0 Å². The molecule has 1 aliphatic rings. The van der Waals surface area contributed by atoms with E-state index in [0.29, 0.717) is 0 Å². The SMILES string of the molecule is O=C(O)c1nnn(-c2ccccc2C(F)(F)F)c1C1CC1. The highest BCUT2D eigenvalue weighted by atomic mass is 19.4. The van der Waals surface area contributed by atoms with Crippen LogP contribution in [0.25, 0.3) is 5.69 Å². The van der Waals surface area contributed by atoms with Crippen molar-refractivity contribution in [2.24, 2.45) is 0 Å². The minimum atomic E-state index is -4.55. The Hall–Kier alpha value is -2.38. The van der Waals surface area contributed by atoms with E-state index < -0.39 is 17.7 Å². The molecule has 3 rings (SSSR count). The molecule has 2 aromatic rings. The van der Waals surface area contributed by atoms with Crippen LogP contribution in [0.1, 0.15) is 40.5 Å². The fourth-order valence-corrected chi connectivity index (χ4v) is 2.24. The molecule has 5 nitrogen and oxygen atoms in total. The Balaban J connectivity index is 2.20. The molecule has 0 aliphatic heterocycles. The van der Waals surface area contributed by atoms with Gasteiger partial charge in [-0.25, -0.2) is 9.48 Å². The van der Waals surface area contributed by atoms with Crippen molar-refractivity contribution in [2.45, 2.75) is 24.9 Å². The number of aromatic nitrogens is 3. The maximum Gasteiger partial charge on any atom is 0.418 e. The summed E-state index contributed by atoms with van der Waals surface area (Å²) in [5, 5.41) is 16.2. The van der Waals surface area contributed by atoms with Crippen molar-refractivity contribution in [3.8, 4) is 5.69 Å². The van der Waals surface area contributed by atoms with Gasteiger partial charge in [0.2, 0.25) is 0 Å². The van der Waals surface area contributed by atoms with Gasteiger partial charge in [0.25, 0.3) is 0 Å². The van der Waals surface area contributed by atoms with Crippen LogP contribution >= 0.6 is 0 Å². The van der Waals surface area contributed by atoms with Crippen LogP contribution < -0.4 is 0 Å². The number of benzene rings is 1. The first-order valence-electron chi connectivity index (χ1n) is 6.25. The molecule has 21 heavy (non-hydrogen) atoms. The molecule has 0 radical (unpaired) electrons. The van der Waals surface area contributed by atoms with E-state index in [0.717, 1.165) is 23.6 Å². The topological polar surface area (TPSA) is 68.0 Å². The smallest absolute Gasteiger partial charge is 0.418 e. The van der Waals surface area contributed by atoms with Crippen molar-refractivity contribution in [3.05, 3.63) is 41.2 Å². The Bertz CT molecular complexity index is 705. The van der Waals surface area contributed by atoms with E-state index in [4.69, 9.17) is 5.11 Å². The lowest BCUT2D eigenvalue weighted by Gasteiger charge is -2.13. The fraction of sp³-hybridized carbons (Fsp3) is 0.308. The highest BCUT2D eigenvalue weighted by molar-refractivity contribution is 5.87. The van der Waals surface area contributed by atoms with Crippen molar-refractivity contribution in [1.29, 1.82) is 0 Å². The second-order valence-electron chi connectivity index (χ2n) is 4.83. The molecule has 0 unspecified atom stereocenters. The monoisotopic (exact) mass is 297 g/mol. The van der Waals surface area contributed by atoms with Crippen LogP contribution in [0.15, 0.2) is 24.3 Å². The molecule has 1 aromatic heterocycles. The zero-order valence-corrected chi connectivity index (χ0v) is 10.6. The third-order valence-electron chi connectivity index (χ3n) is 3.31. The van der Waals surface area contributed by atoms with Gasteiger partial charge in [-0.1, -0.05) is 17.3 Å². The van der Waals surface area contributed by atoms with Gasteiger partial charge in [-0.2, -0.15) is 13.2 Å². The van der Waals surface area contributed by atoms with Gasteiger partial charge in [0.05, 0.1) is 16.9 Å². The molecule has 1 aliphatic carbocycles. The summed E-state index contributed by atoms with van der Waals surface area (Å²) in [7, 11) is 0. The molecule has 1 fully saturated rings. The second kappa shape index (κ2) is 4.57. The van der Waals surface area contributed by atoms with E-state index in [1.165, 1.54) is 18.2 Å². The fourth-order valence-electron chi connectivity index (χ4n) is 2.24. The van der Waals surface area contributed by atoms with Crippen LogP contribution in [0.5, 0.6) is 0 Å². The molecular weight excluding hydrogens is 287 g/mol. The van der Waals surface area contributed by atoms with Crippen LogP contribution in [-0.4, -0.2) is 26.1 Å². The lowest BCUT2D eigenvalue weighted by molar-refractivity contribution is -0.137. The van der Waals surface area contributed by atoms with E-state index >= 15 is 0 Å². The Kier molecular flexibility index (Phi) is 2.96. The predicted octanol–water partition coefficient (Wildman–Crippen LogP) is 2.86. The van der Waals surface area contributed by atoms with E-state index in [1.54, 1.807) is 0 Å². The summed E-state index contributed by atoms with van der Waals surface area (Å²) in [6.07, 6.45) is -3.10. The van der Waals surface area contributed by atoms with Gasteiger partial charge in [-0.05, 0) is 25.0 Å². The average Bonchev–Trinajstić information content (AvgIpc) is 3.16. The molecule has 110 valence electrons. The number of aromatic carboxylic acids is 1. The minimum Gasteiger partial charge on any atom is -0.476 e. The Morgan fingerprint density at radius 1 is 1.29 bits per heavy atom. The lowest BCUT2D eigenvalue weighted by atomic mass is 10.1. The molecule has 0 spiro atoms. The highest BCUT2D eigenvalue weighted by Gasteiger charge is 2.38. The van der Waals surface area contributed by atoms with Gasteiger partial charge >= 0.3 is 12.1 Å². The number of carbonyl (C=O) groups is 1. The first-order chi connectivity index (χ1) is 9.89. The first-order valence-corrected chi connectivity index (χ1v) is 6.25. The second-order valence-corrected chi connectivity index (χ2v) is 4.83. The van der Waals surface area contributed by atoms with Gasteiger partial charge in [-0.15, -0.1) is 5.10 Å². The zero-order valence-electron chi connectivity index (χ0n) is 10.6.